The molecule has 0 amide bonds. The van der Waals surface area contributed by atoms with Gasteiger partial charge < -0.3 is 9.47 Å². The van der Waals surface area contributed by atoms with Crippen molar-refractivity contribution in [1.29, 1.82) is 0 Å². The van der Waals surface area contributed by atoms with Crippen molar-refractivity contribution < 1.29 is 14.3 Å². The lowest BCUT2D eigenvalue weighted by atomic mass is 9.93. The Bertz CT molecular complexity index is 2260. The van der Waals surface area contributed by atoms with E-state index in [0.717, 1.165) is 33.0 Å². The number of carbonyl (C=O) groups excluding carboxylic acids is 1. The lowest BCUT2D eigenvalue weighted by molar-refractivity contribution is -0.138. The molecule has 0 saturated heterocycles. The fraction of sp³-hybridized carbons (Fsp3) is 0.103. The van der Waals surface area contributed by atoms with Crippen LogP contribution in [0.25, 0.3) is 22.5 Å². The number of esters is 1. The van der Waals surface area contributed by atoms with E-state index in [1.54, 1.807) is 11.5 Å². The monoisotopic (exact) mass is 622 g/mol. The summed E-state index contributed by atoms with van der Waals surface area (Å²) in [5.41, 5.74) is 4.00. The van der Waals surface area contributed by atoms with Crippen LogP contribution in [0.15, 0.2) is 143 Å². The second-order valence-electron chi connectivity index (χ2n) is 10.8. The van der Waals surface area contributed by atoms with Crippen LogP contribution in [0.3, 0.4) is 0 Å². The van der Waals surface area contributed by atoms with Crippen LogP contribution in [0.1, 0.15) is 35.2 Å². The molecule has 1 atom stereocenters. The Hall–Kier alpha value is -5.53. The lowest BCUT2D eigenvalue weighted by Crippen LogP contribution is -2.40. The molecule has 0 N–H and O–H groups in total. The summed E-state index contributed by atoms with van der Waals surface area (Å²) in [7, 11) is 0. The van der Waals surface area contributed by atoms with Crippen LogP contribution in [0.2, 0.25) is 0 Å². The third kappa shape index (κ3) is 5.57. The first-order chi connectivity index (χ1) is 22.6. The molecule has 1 aliphatic heterocycles. The van der Waals surface area contributed by atoms with Crippen LogP contribution < -0.4 is 19.6 Å². The Kier molecular flexibility index (Phi) is 8.14. The number of hydrogen-bond acceptors (Lipinski definition) is 6. The van der Waals surface area contributed by atoms with Gasteiger partial charge in [0.05, 0.1) is 28.5 Å². The second-order valence-corrected chi connectivity index (χ2v) is 11.8. The van der Waals surface area contributed by atoms with Crippen molar-refractivity contribution >= 4 is 39.9 Å². The van der Waals surface area contributed by atoms with Gasteiger partial charge in [-0.25, -0.2) is 9.79 Å². The molecule has 2 heterocycles. The van der Waals surface area contributed by atoms with Gasteiger partial charge in [0.25, 0.3) is 5.56 Å². The summed E-state index contributed by atoms with van der Waals surface area (Å²) in [5, 5.41) is 2.00. The molecule has 46 heavy (non-hydrogen) atoms. The van der Waals surface area contributed by atoms with E-state index >= 15 is 0 Å². The van der Waals surface area contributed by atoms with Crippen LogP contribution in [0.4, 0.5) is 0 Å². The van der Waals surface area contributed by atoms with Crippen molar-refractivity contribution in [2.45, 2.75) is 19.6 Å². The molecule has 7 rings (SSSR count). The molecule has 0 fully saturated rings. The molecule has 226 valence electrons. The minimum Gasteiger partial charge on any atom is -0.488 e. The number of ether oxygens (including phenoxy) is 2. The predicted molar refractivity (Wildman–Crippen MR) is 182 cm³/mol. The van der Waals surface area contributed by atoms with Crippen LogP contribution in [0.5, 0.6) is 5.75 Å². The van der Waals surface area contributed by atoms with Crippen molar-refractivity contribution in [3.63, 3.8) is 0 Å². The zero-order chi connectivity index (χ0) is 31.5. The molecule has 1 aromatic heterocycles. The molecule has 6 nitrogen and oxygen atoms in total. The second kappa shape index (κ2) is 12.8. The average molecular weight is 623 g/mol. The minimum atomic E-state index is -0.727. The van der Waals surface area contributed by atoms with Gasteiger partial charge in [0.2, 0.25) is 0 Å². The van der Waals surface area contributed by atoms with E-state index in [0.29, 0.717) is 33.0 Å². The van der Waals surface area contributed by atoms with Gasteiger partial charge in [-0.3, -0.25) is 9.36 Å². The smallest absolute Gasteiger partial charge is 0.338 e. The summed E-state index contributed by atoms with van der Waals surface area (Å²) in [5.74, 6) is 0.170. The number of thiazole rings is 1. The molecular weight excluding hydrogens is 593 g/mol. The average Bonchev–Trinajstić information content (AvgIpc) is 3.42. The summed E-state index contributed by atoms with van der Waals surface area (Å²) < 4.78 is 14.0. The zero-order valence-corrected chi connectivity index (χ0v) is 25.9. The van der Waals surface area contributed by atoms with E-state index in [4.69, 9.17) is 14.5 Å². The lowest BCUT2D eigenvalue weighted by Gasteiger charge is -2.25. The Labute approximate surface area is 269 Å². The molecule has 5 aromatic carbocycles. The molecular formula is C39H30N2O4S. The minimum absolute atomic E-state index is 0.198. The fourth-order valence-corrected chi connectivity index (χ4v) is 6.79. The van der Waals surface area contributed by atoms with Gasteiger partial charge in [0, 0.05) is 11.1 Å². The summed E-state index contributed by atoms with van der Waals surface area (Å²) in [6.45, 7) is 2.36. The predicted octanol–water partition coefficient (Wildman–Crippen LogP) is 6.67. The van der Waals surface area contributed by atoms with Gasteiger partial charge in [-0.15, -0.1) is 0 Å². The maximum absolute atomic E-state index is 14.5. The van der Waals surface area contributed by atoms with E-state index < -0.39 is 12.0 Å². The first kappa shape index (κ1) is 29.2. The summed E-state index contributed by atoms with van der Waals surface area (Å²) in [6, 6.07) is 40.4. The molecule has 7 heteroatoms. The van der Waals surface area contributed by atoms with E-state index in [2.05, 4.69) is 0 Å². The van der Waals surface area contributed by atoms with Crippen molar-refractivity contribution in [3.8, 4) is 5.75 Å². The maximum Gasteiger partial charge on any atom is 0.338 e. The standard InChI is InChI=1S/C39H30N2O4S/c1-2-44-38(43)34-35(28-17-8-4-9-18-28)40-39-41(36(34)29-19-10-5-11-20-29)37(42)33(46-39)24-31-30-21-13-12-16-27(30)22-23-32(31)45-25-26-14-6-3-7-15-26/h3-24,36H,2,25H2,1H3/b33-24-/t36-/m0/s1. The van der Waals surface area contributed by atoms with Gasteiger partial charge in [-0.05, 0) is 41.0 Å². The molecule has 0 bridgehead atoms. The van der Waals surface area contributed by atoms with Crippen molar-refractivity contribution in [2.75, 3.05) is 6.61 Å². The maximum atomic E-state index is 14.5. The van der Waals surface area contributed by atoms with Crippen molar-refractivity contribution in [3.05, 3.63) is 175 Å². The van der Waals surface area contributed by atoms with Gasteiger partial charge in [-0.2, -0.15) is 0 Å². The molecule has 6 aromatic rings. The highest BCUT2D eigenvalue weighted by atomic mass is 32.1. The van der Waals surface area contributed by atoms with Crippen molar-refractivity contribution in [2.24, 2.45) is 4.99 Å². The Balaban J connectivity index is 1.46. The van der Waals surface area contributed by atoms with Gasteiger partial charge in [0.15, 0.2) is 4.80 Å². The first-order valence-electron chi connectivity index (χ1n) is 15.1. The van der Waals surface area contributed by atoms with Crippen molar-refractivity contribution in [1.82, 2.24) is 4.57 Å². The van der Waals surface area contributed by atoms with E-state index in [1.807, 2.05) is 133 Å². The first-order valence-corrected chi connectivity index (χ1v) is 16.0. The third-order valence-electron chi connectivity index (χ3n) is 7.93. The van der Waals surface area contributed by atoms with Crippen LogP contribution in [-0.4, -0.2) is 17.1 Å². The quantitative estimate of drug-likeness (QED) is 0.178. The summed E-state index contributed by atoms with van der Waals surface area (Å²) in [6.07, 6.45) is 1.89. The molecule has 0 radical (unpaired) electrons. The van der Waals surface area contributed by atoms with Gasteiger partial charge in [-0.1, -0.05) is 133 Å². The largest absolute Gasteiger partial charge is 0.488 e. The Morgan fingerprint density at radius 2 is 1.52 bits per heavy atom. The zero-order valence-electron chi connectivity index (χ0n) is 25.1. The van der Waals surface area contributed by atoms with Crippen LogP contribution >= 0.6 is 11.3 Å². The normalized spacial score (nSPS) is 14.5. The number of fused-ring (bicyclic) bond motifs is 2. The number of benzene rings is 5. The van der Waals surface area contributed by atoms with E-state index in [9.17, 15) is 9.59 Å². The fourth-order valence-electron chi connectivity index (χ4n) is 5.81. The topological polar surface area (TPSA) is 69.9 Å². The number of nitrogens with zero attached hydrogens (tertiary/aromatic N) is 2. The highest BCUT2D eigenvalue weighted by molar-refractivity contribution is 7.07. The van der Waals surface area contributed by atoms with Crippen LogP contribution in [-0.2, 0) is 16.1 Å². The third-order valence-corrected chi connectivity index (χ3v) is 8.92. The molecule has 0 aliphatic carbocycles. The van der Waals surface area contributed by atoms with E-state index in [1.165, 1.54) is 11.3 Å². The number of hydrogen-bond donors (Lipinski definition) is 0. The Morgan fingerprint density at radius 1 is 0.848 bits per heavy atom. The van der Waals surface area contributed by atoms with Gasteiger partial charge in [0.1, 0.15) is 12.4 Å². The van der Waals surface area contributed by atoms with E-state index in [-0.39, 0.29) is 12.2 Å². The molecule has 1 aliphatic rings. The van der Waals surface area contributed by atoms with Gasteiger partial charge >= 0.3 is 5.97 Å². The summed E-state index contributed by atoms with van der Waals surface area (Å²) >= 11 is 1.30. The summed E-state index contributed by atoms with van der Waals surface area (Å²) in [4.78, 5) is 33.6. The number of rotatable bonds is 8. The molecule has 0 unspecified atom stereocenters. The molecule has 0 spiro atoms. The molecule has 0 saturated carbocycles. The number of carbonyl (C=O) groups is 1. The van der Waals surface area contributed by atoms with Crippen LogP contribution in [0, 0.1) is 0 Å². The highest BCUT2D eigenvalue weighted by Crippen LogP contribution is 2.35. The Morgan fingerprint density at radius 3 is 2.26 bits per heavy atom. The highest BCUT2D eigenvalue weighted by Gasteiger charge is 2.35. The SMILES string of the molecule is CCOC(=O)C1=C(c2ccccc2)N=c2s/c(=C\c3c(OCc4ccccc4)ccc4ccccc34)c(=O)n2[C@H]1c1ccccc1. The number of aromatic nitrogens is 1.